The van der Waals surface area contributed by atoms with Crippen molar-refractivity contribution in [1.82, 2.24) is 9.97 Å². The highest BCUT2D eigenvalue weighted by Crippen LogP contribution is 2.33. The maximum Gasteiger partial charge on any atom is 0.277 e. The van der Waals surface area contributed by atoms with Crippen molar-refractivity contribution in [2.24, 2.45) is 0 Å². The molecule has 1 aliphatic rings. The number of benzene rings is 2. The number of para-hydroxylation sites is 1. The van der Waals surface area contributed by atoms with Crippen LogP contribution in [0.1, 0.15) is 34.4 Å². The molecular weight excluding hydrogens is 355 g/mol. The Morgan fingerprint density at radius 3 is 2.75 bits per heavy atom. The van der Waals surface area contributed by atoms with E-state index in [1.54, 1.807) is 36.1 Å². The van der Waals surface area contributed by atoms with E-state index in [0.29, 0.717) is 22.9 Å². The van der Waals surface area contributed by atoms with Crippen LogP contribution in [-0.4, -0.2) is 21.9 Å². The molecule has 0 saturated carbocycles. The van der Waals surface area contributed by atoms with Gasteiger partial charge in [0.05, 0.1) is 0 Å². The Labute approximate surface area is 163 Å². The van der Waals surface area contributed by atoms with Crippen molar-refractivity contribution >= 4 is 17.4 Å². The second-order valence-electron chi connectivity index (χ2n) is 6.99. The van der Waals surface area contributed by atoms with Crippen molar-refractivity contribution < 1.29 is 9.18 Å². The van der Waals surface area contributed by atoms with Crippen LogP contribution in [0, 0.1) is 12.7 Å². The number of nitrogens with one attached hydrogen (secondary N) is 1. The van der Waals surface area contributed by atoms with Crippen molar-refractivity contribution in [3.63, 3.8) is 0 Å². The highest BCUT2D eigenvalue weighted by molar-refractivity contribution is 6.06. The van der Waals surface area contributed by atoms with Crippen LogP contribution in [0.25, 0.3) is 0 Å². The van der Waals surface area contributed by atoms with Crippen molar-refractivity contribution in [3.05, 3.63) is 83.1 Å². The van der Waals surface area contributed by atoms with Crippen LogP contribution in [-0.2, 0) is 13.0 Å². The van der Waals surface area contributed by atoms with Crippen molar-refractivity contribution in [2.45, 2.75) is 32.9 Å². The quantitative estimate of drug-likeness (QED) is 0.744. The molecule has 142 valence electrons. The van der Waals surface area contributed by atoms with Gasteiger partial charge in [-0.15, -0.1) is 0 Å². The number of aryl methyl sites for hydroxylation is 1. The average Bonchev–Trinajstić information content (AvgIpc) is 3.02. The Morgan fingerprint density at radius 1 is 1.18 bits per heavy atom. The Kier molecular flexibility index (Phi) is 4.77. The van der Waals surface area contributed by atoms with Gasteiger partial charge in [-0.25, -0.2) is 14.4 Å². The molecule has 0 radical (unpaired) electrons. The number of carbonyl (C=O) groups excluding carboxylic acids is 1. The molecule has 2 heterocycles. The van der Waals surface area contributed by atoms with E-state index in [-0.39, 0.29) is 24.3 Å². The van der Waals surface area contributed by atoms with Crippen LogP contribution >= 0.6 is 0 Å². The number of aromatic nitrogens is 2. The van der Waals surface area contributed by atoms with Crippen molar-refractivity contribution in [3.8, 4) is 0 Å². The molecule has 1 N–H and O–H groups in total. The van der Waals surface area contributed by atoms with E-state index in [1.807, 2.05) is 31.2 Å². The Bertz CT molecular complexity index is 1040. The zero-order chi connectivity index (χ0) is 19.7. The van der Waals surface area contributed by atoms with E-state index in [9.17, 15) is 9.18 Å². The molecule has 0 saturated heterocycles. The van der Waals surface area contributed by atoms with Crippen LogP contribution in [0.3, 0.4) is 0 Å². The molecule has 3 aromatic rings. The molecule has 2 aromatic carbocycles. The molecule has 1 aromatic heterocycles. The molecule has 1 atom stereocenters. The third kappa shape index (κ3) is 3.45. The number of anilines is 2. The summed E-state index contributed by atoms with van der Waals surface area (Å²) in [6.07, 6.45) is 0.824. The maximum atomic E-state index is 13.8. The predicted octanol–water partition coefficient (Wildman–Crippen LogP) is 4.13. The molecule has 1 amide bonds. The lowest BCUT2D eigenvalue weighted by molar-refractivity contribution is 0.0976. The first-order valence-electron chi connectivity index (χ1n) is 9.27. The standard InChI is InChI=1S/C22H21FN4O/c1-14-11-16-7-4-6-10-20(16)27(14)22(28)19-12-21(26-15(2)25-19)24-13-17-8-3-5-9-18(17)23/h3-10,12,14H,11,13H2,1-2H3,(H,24,25,26). The summed E-state index contributed by atoms with van der Waals surface area (Å²) >= 11 is 0. The van der Waals surface area contributed by atoms with Crippen LogP contribution in [0.15, 0.2) is 54.6 Å². The molecule has 0 aliphatic carbocycles. The molecule has 4 rings (SSSR count). The lowest BCUT2D eigenvalue weighted by Crippen LogP contribution is -2.36. The van der Waals surface area contributed by atoms with Gasteiger partial charge in [0.15, 0.2) is 0 Å². The Morgan fingerprint density at radius 2 is 1.93 bits per heavy atom. The first-order valence-corrected chi connectivity index (χ1v) is 9.27. The lowest BCUT2D eigenvalue weighted by atomic mass is 10.1. The monoisotopic (exact) mass is 376 g/mol. The molecule has 0 fully saturated rings. The van der Waals surface area contributed by atoms with E-state index in [1.165, 1.54) is 6.07 Å². The number of hydrogen-bond acceptors (Lipinski definition) is 4. The molecule has 1 unspecified atom stereocenters. The first kappa shape index (κ1) is 18.1. The first-order chi connectivity index (χ1) is 13.5. The normalized spacial score (nSPS) is 15.4. The molecule has 6 heteroatoms. The zero-order valence-corrected chi connectivity index (χ0v) is 15.8. The molecular formula is C22H21FN4O. The fraction of sp³-hybridized carbons (Fsp3) is 0.227. The minimum atomic E-state index is -0.278. The number of carbonyl (C=O) groups is 1. The highest BCUT2D eigenvalue weighted by Gasteiger charge is 2.32. The smallest absolute Gasteiger partial charge is 0.277 e. The van der Waals surface area contributed by atoms with Gasteiger partial charge in [0, 0.05) is 29.9 Å². The average molecular weight is 376 g/mol. The van der Waals surface area contributed by atoms with E-state index in [2.05, 4.69) is 15.3 Å². The second kappa shape index (κ2) is 7.38. The third-order valence-electron chi connectivity index (χ3n) is 4.90. The SMILES string of the molecule is Cc1nc(NCc2ccccc2F)cc(C(=O)N2c3ccccc3CC2C)n1. The van der Waals surface area contributed by atoms with Crippen molar-refractivity contribution in [2.75, 3.05) is 10.2 Å². The van der Waals surface area contributed by atoms with Crippen molar-refractivity contribution in [1.29, 1.82) is 0 Å². The van der Waals surface area contributed by atoms with Gasteiger partial charge in [-0.3, -0.25) is 4.79 Å². The van der Waals surface area contributed by atoms with Gasteiger partial charge in [-0.05, 0) is 38.0 Å². The number of rotatable bonds is 4. The van der Waals surface area contributed by atoms with Gasteiger partial charge in [-0.1, -0.05) is 36.4 Å². The molecule has 1 aliphatic heterocycles. The summed E-state index contributed by atoms with van der Waals surface area (Å²) in [6, 6.07) is 16.2. The van der Waals surface area contributed by atoms with Crippen LogP contribution in [0.4, 0.5) is 15.9 Å². The predicted molar refractivity (Wildman–Crippen MR) is 107 cm³/mol. The van der Waals surface area contributed by atoms with Crippen LogP contribution in [0.5, 0.6) is 0 Å². The van der Waals surface area contributed by atoms with E-state index in [0.717, 1.165) is 17.7 Å². The van der Waals surface area contributed by atoms with E-state index >= 15 is 0 Å². The number of nitrogens with zero attached hydrogens (tertiary/aromatic N) is 3. The highest BCUT2D eigenvalue weighted by atomic mass is 19.1. The summed E-state index contributed by atoms with van der Waals surface area (Å²) in [5.41, 5.74) is 2.95. The Balaban J connectivity index is 1.59. The summed E-state index contributed by atoms with van der Waals surface area (Å²) in [6.45, 7) is 4.05. The van der Waals surface area contributed by atoms with Gasteiger partial charge in [0.1, 0.15) is 23.2 Å². The topological polar surface area (TPSA) is 58.1 Å². The fourth-order valence-electron chi connectivity index (χ4n) is 3.59. The van der Waals surface area contributed by atoms with Crippen LogP contribution in [0.2, 0.25) is 0 Å². The van der Waals surface area contributed by atoms with Gasteiger partial charge in [0.25, 0.3) is 5.91 Å². The molecule has 5 nitrogen and oxygen atoms in total. The number of amides is 1. The summed E-state index contributed by atoms with van der Waals surface area (Å²) in [5.74, 6) is 0.553. The Hall–Kier alpha value is -3.28. The van der Waals surface area contributed by atoms with Gasteiger partial charge in [0.2, 0.25) is 0 Å². The summed E-state index contributed by atoms with van der Waals surface area (Å²) in [7, 11) is 0. The molecule has 0 spiro atoms. The summed E-state index contributed by atoms with van der Waals surface area (Å²) in [5, 5.41) is 3.10. The van der Waals surface area contributed by atoms with E-state index < -0.39 is 0 Å². The molecule has 28 heavy (non-hydrogen) atoms. The third-order valence-corrected chi connectivity index (χ3v) is 4.90. The minimum Gasteiger partial charge on any atom is -0.366 e. The zero-order valence-electron chi connectivity index (χ0n) is 15.8. The number of halogens is 1. The minimum absolute atomic E-state index is 0.0648. The lowest BCUT2D eigenvalue weighted by Gasteiger charge is -2.22. The summed E-state index contributed by atoms with van der Waals surface area (Å²) in [4.78, 5) is 23.7. The number of hydrogen-bond donors (Lipinski definition) is 1. The maximum absolute atomic E-state index is 13.8. The molecule has 0 bridgehead atoms. The largest absolute Gasteiger partial charge is 0.366 e. The fourth-order valence-corrected chi connectivity index (χ4v) is 3.59. The van der Waals surface area contributed by atoms with Gasteiger partial charge >= 0.3 is 0 Å². The second-order valence-corrected chi connectivity index (χ2v) is 6.99. The van der Waals surface area contributed by atoms with E-state index in [4.69, 9.17) is 0 Å². The van der Waals surface area contributed by atoms with Gasteiger partial charge < -0.3 is 10.2 Å². The van der Waals surface area contributed by atoms with Crippen LogP contribution < -0.4 is 10.2 Å². The van der Waals surface area contributed by atoms with Gasteiger partial charge in [-0.2, -0.15) is 0 Å². The number of fused-ring (bicyclic) bond motifs is 1. The summed E-state index contributed by atoms with van der Waals surface area (Å²) < 4.78 is 13.8.